The minimum Gasteiger partial charge on any atom is -0.340 e. The molecule has 1 aliphatic rings. The van der Waals surface area contributed by atoms with Gasteiger partial charge in [0.15, 0.2) is 0 Å². The Labute approximate surface area is 163 Å². The molecule has 0 atom stereocenters. The Bertz CT molecular complexity index is 715. The third-order valence-electron chi connectivity index (χ3n) is 4.78. The number of likely N-dealkylation sites (N-methyl/N-ethyl adjacent to an activating group) is 1. The Morgan fingerprint density at radius 3 is 2.44 bits per heavy atom. The topological polar surface area (TPSA) is 69.7 Å². The van der Waals surface area contributed by atoms with Gasteiger partial charge in [-0.2, -0.15) is 0 Å². The number of imide groups is 1. The van der Waals surface area contributed by atoms with Crippen LogP contribution in [0.15, 0.2) is 18.2 Å². The summed E-state index contributed by atoms with van der Waals surface area (Å²) in [7, 11) is 1.48. The zero-order valence-corrected chi connectivity index (χ0v) is 16.6. The summed E-state index contributed by atoms with van der Waals surface area (Å²) >= 11 is 6.00. The van der Waals surface area contributed by atoms with Crippen LogP contribution in [-0.4, -0.2) is 46.8 Å². The number of nitrogens with zero attached hydrogens (tertiary/aromatic N) is 2. The lowest BCUT2D eigenvalue weighted by Crippen LogP contribution is -2.47. The molecular weight excluding hydrogens is 373 g/mol. The van der Waals surface area contributed by atoms with Crippen LogP contribution >= 0.6 is 11.6 Å². The standard InChI is InChI=1S/C19H25ClFN3O3/c1-4-9-19(10-5-2)17(26)24(18(27)22-19)12-16(25)23(3)11-13-14(20)7-6-8-15(13)21/h6-8H,4-5,9-12H2,1-3H3,(H,22,27). The summed E-state index contributed by atoms with van der Waals surface area (Å²) < 4.78 is 13.9. The van der Waals surface area contributed by atoms with Gasteiger partial charge in [0.05, 0.1) is 0 Å². The first-order chi connectivity index (χ1) is 12.8. The number of urea groups is 1. The third kappa shape index (κ3) is 4.40. The van der Waals surface area contributed by atoms with Crippen LogP contribution in [-0.2, 0) is 16.1 Å². The van der Waals surface area contributed by atoms with E-state index in [9.17, 15) is 18.8 Å². The van der Waals surface area contributed by atoms with Gasteiger partial charge >= 0.3 is 6.03 Å². The molecule has 1 heterocycles. The van der Waals surface area contributed by atoms with Crippen molar-refractivity contribution < 1.29 is 18.8 Å². The molecule has 27 heavy (non-hydrogen) atoms. The van der Waals surface area contributed by atoms with E-state index in [1.54, 1.807) is 6.07 Å². The number of carbonyl (C=O) groups is 3. The third-order valence-corrected chi connectivity index (χ3v) is 5.13. The Morgan fingerprint density at radius 1 is 1.26 bits per heavy atom. The van der Waals surface area contributed by atoms with Gasteiger partial charge in [-0.15, -0.1) is 0 Å². The fourth-order valence-electron chi connectivity index (χ4n) is 3.40. The summed E-state index contributed by atoms with van der Waals surface area (Å²) in [5.41, 5.74) is -0.743. The van der Waals surface area contributed by atoms with Crippen LogP contribution in [0.5, 0.6) is 0 Å². The van der Waals surface area contributed by atoms with Crippen molar-refractivity contribution in [3.8, 4) is 0 Å². The molecule has 0 radical (unpaired) electrons. The molecule has 1 aromatic rings. The Balaban J connectivity index is 2.10. The van der Waals surface area contributed by atoms with E-state index in [0.29, 0.717) is 12.8 Å². The van der Waals surface area contributed by atoms with E-state index in [1.807, 2.05) is 13.8 Å². The highest BCUT2D eigenvalue weighted by molar-refractivity contribution is 6.31. The summed E-state index contributed by atoms with van der Waals surface area (Å²) in [4.78, 5) is 39.9. The second-order valence-electron chi connectivity index (χ2n) is 6.85. The van der Waals surface area contributed by atoms with Crippen molar-refractivity contribution in [1.29, 1.82) is 0 Å². The highest BCUT2D eigenvalue weighted by Crippen LogP contribution is 2.28. The summed E-state index contributed by atoms with van der Waals surface area (Å²) in [5.74, 6) is -1.36. The molecule has 0 aromatic heterocycles. The van der Waals surface area contributed by atoms with Gasteiger partial charge in [-0.05, 0) is 25.0 Å². The molecule has 8 heteroatoms. The number of benzene rings is 1. The highest BCUT2D eigenvalue weighted by atomic mass is 35.5. The first kappa shape index (κ1) is 21.2. The number of rotatable bonds is 8. The van der Waals surface area contributed by atoms with E-state index in [0.717, 1.165) is 17.7 Å². The van der Waals surface area contributed by atoms with Crippen LogP contribution in [0, 0.1) is 5.82 Å². The van der Waals surface area contributed by atoms with Crippen molar-refractivity contribution in [1.82, 2.24) is 15.1 Å². The molecular formula is C19H25ClFN3O3. The van der Waals surface area contributed by atoms with Gasteiger partial charge < -0.3 is 10.2 Å². The Kier molecular flexibility index (Phi) is 6.81. The van der Waals surface area contributed by atoms with Gasteiger partial charge in [-0.3, -0.25) is 14.5 Å². The lowest BCUT2D eigenvalue weighted by Gasteiger charge is -2.26. The van der Waals surface area contributed by atoms with Crippen molar-refractivity contribution in [2.75, 3.05) is 13.6 Å². The van der Waals surface area contributed by atoms with E-state index in [2.05, 4.69) is 5.32 Å². The quantitative estimate of drug-likeness (QED) is 0.684. The molecule has 1 fully saturated rings. The fraction of sp³-hybridized carbons (Fsp3) is 0.526. The predicted molar refractivity (Wildman–Crippen MR) is 101 cm³/mol. The zero-order valence-electron chi connectivity index (χ0n) is 15.8. The first-order valence-corrected chi connectivity index (χ1v) is 9.44. The monoisotopic (exact) mass is 397 g/mol. The molecule has 2 rings (SSSR count). The van der Waals surface area contributed by atoms with Crippen LogP contribution in [0.25, 0.3) is 0 Å². The molecule has 1 aliphatic heterocycles. The SMILES string of the molecule is CCCC1(CCC)NC(=O)N(CC(=O)N(C)Cc2c(F)cccc2Cl)C1=O. The minimum atomic E-state index is -0.936. The summed E-state index contributed by atoms with van der Waals surface area (Å²) in [6.07, 6.45) is 2.52. The Hall–Kier alpha value is -2.15. The fourth-order valence-corrected chi connectivity index (χ4v) is 3.62. The minimum absolute atomic E-state index is 0.0525. The van der Waals surface area contributed by atoms with Crippen LogP contribution < -0.4 is 5.32 Å². The molecule has 0 spiro atoms. The van der Waals surface area contributed by atoms with Crippen LogP contribution in [0.1, 0.15) is 45.1 Å². The maximum Gasteiger partial charge on any atom is 0.325 e. The number of hydrogen-bond donors (Lipinski definition) is 1. The van der Waals surface area contributed by atoms with Gasteiger partial charge in [0.1, 0.15) is 17.9 Å². The van der Waals surface area contributed by atoms with Gasteiger partial charge in [-0.25, -0.2) is 9.18 Å². The lowest BCUT2D eigenvalue weighted by atomic mass is 9.88. The van der Waals surface area contributed by atoms with E-state index >= 15 is 0 Å². The van der Waals surface area contributed by atoms with Crippen molar-refractivity contribution in [2.24, 2.45) is 0 Å². The molecule has 0 saturated carbocycles. The number of nitrogens with one attached hydrogen (secondary N) is 1. The predicted octanol–water partition coefficient (Wildman–Crippen LogP) is 3.33. The van der Waals surface area contributed by atoms with Crippen molar-refractivity contribution in [2.45, 2.75) is 51.6 Å². The van der Waals surface area contributed by atoms with Gasteiger partial charge in [0.25, 0.3) is 5.91 Å². The second-order valence-corrected chi connectivity index (χ2v) is 7.26. The molecule has 0 unspecified atom stereocenters. The highest BCUT2D eigenvalue weighted by Gasteiger charge is 2.50. The number of halogens is 2. The Morgan fingerprint density at radius 2 is 1.89 bits per heavy atom. The van der Waals surface area contributed by atoms with Crippen molar-refractivity contribution in [3.63, 3.8) is 0 Å². The molecule has 1 N–H and O–H groups in total. The molecule has 4 amide bonds. The smallest absolute Gasteiger partial charge is 0.325 e. The number of hydrogen-bond acceptors (Lipinski definition) is 3. The summed E-state index contributed by atoms with van der Waals surface area (Å²) in [6.45, 7) is 3.44. The van der Waals surface area contributed by atoms with Gasteiger partial charge in [0.2, 0.25) is 5.91 Å². The second kappa shape index (κ2) is 8.69. The molecule has 0 aliphatic carbocycles. The number of carbonyl (C=O) groups excluding carboxylic acids is 3. The maximum atomic E-state index is 13.9. The maximum absolute atomic E-state index is 13.9. The van der Waals surface area contributed by atoms with Crippen molar-refractivity contribution >= 4 is 29.4 Å². The molecule has 1 saturated heterocycles. The summed E-state index contributed by atoms with van der Waals surface area (Å²) in [5, 5.41) is 2.98. The van der Waals surface area contributed by atoms with Gasteiger partial charge in [-0.1, -0.05) is 44.4 Å². The average Bonchev–Trinajstić information content (AvgIpc) is 2.83. The van der Waals surface area contributed by atoms with Gasteiger partial charge in [0, 0.05) is 24.2 Å². The number of amides is 4. The van der Waals surface area contributed by atoms with Crippen molar-refractivity contribution in [3.05, 3.63) is 34.6 Å². The summed E-state index contributed by atoms with van der Waals surface area (Å²) in [6, 6.07) is 3.73. The molecule has 0 bridgehead atoms. The van der Waals surface area contributed by atoms with Crippen LogP contribution in [0.4, 0.5) is 9.18 Å². The largest absolute Gasteiger partial charge is 0.340 e. The molecule has 6 nitrogen and oxygen atoms in total. The zero-order chi connectivity index (χ0) is 20.2. The van der Waals surface area contributed by atoms with Crippen LogP contribution in [0.3, 0.4) is 0 Å². The molecule has 1 aromatic carbocycles. The average molecular weight is 398 g/mol. The molecule has 148 valence electrons. The van der Waals surface area contributed by atoms with E-state index in [4.69, 9.17) is 11.6 Å². The van der Waals surface area contributed by atoms with E-state index < -0.39 is 23.3 Å². The first-order valence-electron chi connectivity index (χ1n) is 9.06. The van der Waals surface area contributed by atoms with E-state index in [1.165, 1.54) is 24.1 Å². The van der Waals surface area contributed by atoms with E-state index in [-0.39, 0.29) is 29.6 Å². The lowest BCUT2D eigenvalue weighted by molar-refractivity contribution is -0.138. The normalized spacial score (nSPS) is 15.8. The van der Waals surface area contributed by atoms with Crippen LogP contribution in [0.2, 0.25) is 5.02 Å².